The Balaban J connectivity index is 2.27. The van der Waals surface area contributed by atoms with E-state index in [-0.39, 0.29) is 17.8 Å². The van der Waals surface area contributed by atoms with Crippen molar-refractivity contribution in [2.75, 3.05) is 18.9 Å². The molecule has 0 atom stereocenters. The fourth-order valence-corrected chi connectivity index (χ4v) is 0.895. The third-order valence-corrected chi connectivity index (χ3v) is 1.72. The second-order valence-electron chi connectivity index (χ2n) is 2.48. The molecular formula is C7H11ClN4O2. The summed E-state index contributed by atoms with van der Waals surface area (Å²) < 4.78 is 5.05. The lowest BCUT2D eigenvalue weighted by Crippen LogP contribution is -2.20. The number of halogens is 1. The van der Waals surface area contributed by atoms with Crippen LogP contribution in [0.1, 0.15) is 12.3 Å². The minimum Gasteiger partial charge on any atom is -0.407 e. The van der Waals surface area contributed by atoms with Gasteiger partial charge in [-0.15, -0.1) is 16.7 Å². The van der Waals surface area contributed by atoms with Crippen molar-refractivity contribution in [1.29, 1.82) is 0 Å². The van der Waals surface area contributed by atoms with Crippen LogP contribution in [0.5, 0.6) is 0 Å². The van der Waals surface area contributed by atoms with Gasteiger partial charge in [-0.1, -0.05) is 5.10 Å². The molecule has 0 spiro atoms. The van der Waals surface area contributed by atoms with Crippen LogP contribution < -0.4 is 10.6 Å². The summed E-state index contributed by atoms with van der Waals surface area (Å²) in [5, 5.41) is 12.6. The summed E-state index contributed by atoms with van der Waals surface area (Å²) >= 11 is 5.46. The Kier molecular flexibility index (Phi) is 4.18. The highest BCUT2D eigenvalue weighted by atomic mass is 35.5. The van der Waals surface area contributed by atoms with Gasteiger partial charge < -0.3 is 15.1 Å². The molecule has 1 rings (SSSR count). The van der Waals surface area contributed by atoms with Gasteiger partial charge in [-0.05, 0) is 0 Å². The van der Waals surface area contributed by atoms with E-state index in [0.29, 0.717) is 18.9 Å². The van der Waals surface area contributed by atoms with Crippen LogP contribution in [0.4, 0.5) is 6.01 Å². The summed E-state index contributed by atoms with van der Waals surface area (Å²) in [5.74, 6) is 0.494. The second kappa shape index (κ2) is 5.43. The largest absolute Gasteiger partial charge is 0.407 e. The number of anilines is 1. The predicted molar refractivity (Wildman–Crippen MR) is 51.0 cm³/mol. The Hall–Kier alpha value is -1.30. The molecule has 0 aliphatic carbocycles. The molecule has 0 aromatic carbocycles. The molecule has 0 unspecified atom stereocenters. The molecule has 0 saturated carbocycles. The molecule has 0 fully saturated rings. The molecule has 1 amide bonds. The van der Waals surface area contributed by atoms with E-state index in [4.69, 9.17) is 16.0 Å². The van der Waals surface area contributed by atoms with Crippen LogP contribution in [0.3, 0.4) is 0 Å². The van der Waals surface area contributed by atoms with Crippen molar-refractivity contribution in [3.8, 4) is 0 Å². The number of alkyl halides is 1. The van der Waals surface area contributed by atoms with E-state index in [1.54, 1.807) is 7.05 Å². The summed E-state index contributed by atoms with van der Waals surface area (Å²) in [6, 6.07) is 0.282. The summed E-state index contributed by atoms with van der Waals surface area (Å²) in [4.78, 5) is 10.8. The number of aromatic nitrogens is 2. The number of nitrogens with one attached hydrogen (secondary N) is 2. The molecule has 0 radical (unpaired) electrons. The molecule has 14 heavy (non-hydrogen) atoms. The summed E-state index contributed by atoms with van der Waals surface area (Å²) in [5.41, 5.74) is 0. The standard InChI is InChI=1S/C7H11ClN4O2/c1-9-5(13)2-3-10-7-12-11-6(4-8)14-7/h2-4H2,1H3,(H,9,13)(H,10,12). The second-order valence-corrected chi connectivity index (χ2v) is 2.75. The van der Waals surface area contributed by atoms with E-state index in [0.717, 1.165) is 0 Å². The Labute approximate surface area is 86.0 Å². The van der Waals surface area contributed by atoms with Gasteiger partial charge in [-0.25, -0.2) is 0 Å². The number of carbonyl (C=O) groups excluding carboxylic acids is 1. The van der Waals surface area contributed by atoms with Crippen molar-refractivity contribution in [3.05, 3.63) is 5.89 Å². The van der Waals surface area contributed by atoms with Gasteiger partial charge in [0, 0.05) is 20.0 Å². The average molecular weight is 219 g/mol. The van der Waals surface area contributed by atoms with Crippen LogP contribution >= 0.6 is 11.6 Å². The van der Waals surface area contributed by atoms with E-state index in [9.17, 15) is 4.79 Å². The number of amides is 1. The monoisotopic (exact) mass is 218 g/mol. The van der Waals surface area contributed by atoms with Gasteiger partial charge in [0.25, 0.3) is 0 Å². The van der Waals surface area contributed by atoms with Crippen LogP contribution in [0, 0.1) is 0 Å². The summed E-state index contributed by atoms with van der Waals surface area (Å²) in [7, 11) is 1.58. The highest BCUT2D eigenvalue weighted by Gasteiger charge is 2.04. The molecule has 0 bridgehead atoms. The van der Waals surface area contributed by atoms with Crippen LogP contribution in [0.15, 0.2) is 4.42 Å². The van der Waals surface area contributed by atoms with Crippen molar-refractivity contribution in [3.63, 3.8) is 0 Å². The molecule has 0 aliphatic heterocycles. The normalized spacial score (nSPS) is 9.86. The highest BCUT2D eigenvalue weighted by molar-refractivity contribution is 6.16. The maximum atomic E-state index is 10.8. The maximum Gasteiger partial charge on any atom is 0.315 e. The number of rotatable bonds is 5. The van der Waals surface area contributed by atoms with Crippen molar-refractivity contribution in [1.82, 2.24) is 15.5 Å². The highest BCUT2D eigenvalue weighted by Crippen LogP contribution is 2.06. The smallest absolute Gasteiger partial charge is 0.315 e. The minimum atomic E-state index is -0.0467. The van der Waals surface area contributed by atoms with E-state index in [1.165, 1.54) is 0 Å². The molecule has 0 aliphatic rings. The van der Waals surface area contributed by atoms with Gasteiger partial charge in [0.1, 0.15) is 5.88 Å². The molecule has 0 saturated heterocycles. The molecule has 1 heterocycles. The SMILES string of the molecule is CNC(=O)CCNc1nnc(CCl)o1. The van der Waals surface area contributed by atoms with Crippen LogP contribution in [-0.4, -0.2) is 29.7 Å². The third kappa shape index (κ3) is 3.21. The molecule has 1 aromatic heterocycles. The van der Waals surface area contributed by atoms with Crippen molar-refractivity contribution >= 4 is 23.5 Å². The van der Waals surface area contributed by atoms with Gasteiger partial charge in [-0.2, -0.15) is 0 Å². The van der Waals surface area contributed by atoms with Gasteiger partial charge >= 0.3 is 6.01 Å². The van der Waals surface area contributed by atoms with Crippen LogP contribution in [0.25, 0.3) is 0 Å². The maximum absolute atomic E-state index is 10.8. The lowest BCUT2D eigenvalue weighted by atomic mass is 10.4. The first-order chi connectivity index (χ1) is 6.76. The minimum absolute atomic E-state index is 0.0467. The lowest BCUT2D eigenvalue weighted by molar-refractivity contribution is -0.120. The quantitative estimate of drug-likeness (QED) is 0.698. The van der Waals surface area contributed by atoms with Gasteiger partial charge in [-0.3, -0.25) is 4.79 Å². The first kappa shape index (κ1) is 10.8. The molecule has 2 N–H and O–H groups in total. The molecule has 1 aromatic rings. The summed E-state index contributed by atoms with van der Waals surface area (Å²) in [6.07, 6.45) is 0.356. The number of carbonyl (C=O) groups is 1. The number of hydrogen-bond acceptors (Lipinski definition) is 5. The molecule has 7 heteroatoms. The van der Waals surface area contributed by atoms with Crippen molar-refractivity contribution in [2.24, 2.45) is 0 Å². The fourth-order valence-electron chi connectivity index (χ4n) is 0.787. The van der Waals surface area contributed by atoms with E-state index in [1.807, 2.05) is 0 Å². The van der Waals surface area contributed by atoms with Crippen LogP contribution in [0.2, 0.25) is 0 Å². The third-order valence-electron chi connectivity index (χ3n) is 1.49. The Morgan fingerprint density at radius 1 is 1.57 bits per heavy atom. The zero-order valence-corrected chi connectivity index (χ0v) is 8.47. The first-order valence-corrected chi connectivity index (χ1v) is 4.62. The predicted octanol–water partition coefficient (Wildman–Crippen LogP) is 0.356. The Morgan fingerprint density at radius 2 is 2.36 bits per heavy atom. The molecule has 78 valence electrons. The summed E-state index contributed by atoms with van der Waals surface area (Å²) in [6.45, 7) is 0.448. The van der Waals surface area contributed by atoms with E-state index < -0.39 is 0 Å². The fraction of sp³-hybridized carbons (Fsp3) is 0.571. The zero-order chi connectivity index (χ0) is 10.4. The average Bonchev–Trinajstić information content (AvgIpc) is 2.65. The Morgan fingerprint density at radius 3 is 2.93 bits per heavy atom. The van der Waals surface area contributed by atoms with Gasteiger partial charge in [0.15, 0.2) is 0 Å². The van der Waals surface area contributed by atoms with Crippen LogP contribution in [-0.2, 0) is 10.7 Å². The van der Waals surface area contributed by atoms with Crippen molar-refractivity contribution < 1.29 is 9.21 Å². The van der Waals surface area contributed by atoms with Gasteiger partial charge in [0.05, 0.1) is 0 Å². The van der Waals surface area contributed by atoms with E-state index >= 15 is 0 Å². The number of nitrogens with zero attached hydrogens (tertiary/aromatic N) is 2. The lowest BCUT2D eigenvalue weighted by Gasteiger charge is -1.99. The van der Waals surface area contributed by atoms with Crippen molar-refractivity contribution in [2.45, 2.75) is 12.3 Å². The molecule has 6 nitrogen and oxygen atoms in total. The number of hydrogen-bond donors (Lipinski definition) is 2. The van der Waals surface area contributed by atoms with Gasteiger partial charge in [0.2, 0.25) is 11.8 Å². The van der Waals surface area contributed by atoms with E-state index in [2.05, 4.69) is 20.8 Å². The first-order valence-electron chi connectivity index (χ1n) is 4.09. The molecular weight excluding hydrogens is 208 g/mol. The topological polar surface area (TPSA) is 80.0 Å². The Bertz CT molecular complexity index is 302. The zero-order valence-electron chi connectivity index (χ0n) is 7.71.